The van der Waals surface area contributed by atoms with Gasteiger partial charge in [-0.3, -0.25) is 9.59 Å². The molecule has 6 heteroatoms. The molecule has 0 spiro atoms. The van der Waals surface area contributed by atoms with Gasteiger partial charge in [-0.25, -0.2) is 0 Å². The normalized spacial score (nSPS) is 16.5. The molecule has 1 aliphatic heterocycles. The van der Waals surface area contributed by atoms with Crippen LogP contribution in [0.1, 0.15) is 18.4 Å². The maximum atomic E-state index is 12.7. The van der Waals surface area contributed by atoms with E-state index in [4.69, 9.17) is 9.47 Å². The first-order valence-corrected chi connectivity index (χ1v) is 8.71. The van der Waals surface area contributed by atoms with Crippen LogP contribution in [0, 0.1) is 5.41 Å². The van der Waals surface area contributed by atoms with Crippen molar-refractivity contribution < 1.29 is 19.1 Å². The minimum absolute atomic E-state index is 0.226. The standard InChI is InChI=1S/C20H20N2O4/c23-18(21-13-14-4-2-1-3-5-14)20(8-9-20)19(24)22-15-6-7-16-17(12-15)26-11-10-25-16/h1-7,12H,8-11,13H2,(H,21,23)(H,22,24). The van der Waals surface area contributed by atoms with Gasteiger partial charge in [0, 0.05) is 18.3 Å². The molecule has 0 saturated heterocycles. The average Bonchev–Trinajstić information content (AvgIpc) is 3.49. The number of carbonyl (C=O) groups excluding carboxylic acids is 2. The largest absolute Gasteiger partial charge is 0.486 e. The van der Waals surface area contributed by atoms with Gasteiger partial charge in [0.05, 0.1) is 0 Å². The van der Waals surface area contributed by atoms with E-state index < -0.39 is 5.41 Å². The fraction of sp³-hybridized carbons (Fsp3) is 0.300. The molecule has 1 saturated carbocycles. The number of nitrogens with one attached hydrogen (secondary N) is 2. The molecule has 0 unspecified atom stereocenters. The fourth-order valence-corrected chi connectivity index (χ4v) is 3.00. The summed E-state index contributed by atoms with van der Waals surface area (Å²) < 4.78 is 11.0. The molecule has 1 heterocycles. The van der Waals surface area contributed by atoms with E-state index >= 15 is 0 Å². The summed E-state index contributed by atoms with van der Waals surface area (Å²) in [6.45, 7) is 1.42. The lowest BCUT2D eigenvalue weighted by Gasteiger charge is -2.20. The van der Waals surface area contributed by atoms with Crippen LogP contribution in [0.15, 0.2) is 48.5 Å². The van der Waals surface area contributed by atoms with Crippen molar-refractivity contribution in [1.29, 1.82) is 0 Å². The number of anilines is 1. The second kappa shape index (κ2) is 6.71. The Morgan fingerprint density at radius 2 is 1.65 bits per heavy atom. The van der Waals surface area contributed by atoms with E-state index in [-0.39, 0.29) is 11.8 Å². The second-order valence-electron chi connectivity index (χ2n) is 6.56. The van der Waals surface area contributed by atoms with Crippen molar-refractivity contribution in [3.8, 4) is 11.5 Å². The number of carbonyl (C=O) groups is 2. The molecule has 0 radical (unpaired) electrons. The predicted molar refractivity (Wildman–Crippen MR) is 96.0 cm³/mol. The molecule has 0 atom stereocenters. The SMILES string of the molecule is O=C(NCc1ccccc1)C1(C(=O)Nc2ccc3c(c2)OCCO3)CC1. The van der Waals surface area contributed by atoms with Crippen LogP contribution in [0.2, 0.25) is 0 Å². The second-order valence-corrected chi connectivity index (χ2v) is 6.56. The molecular weight excluding hydrogens is 332 g/mol. The Morgan fingerprint density at radius 1 is 0.923 bits per heavy atom. The fourth-order valence-electron chi connectivity index (χ4n) is 3.00. The summed E-state index contributed by atoms with van der Waals surface area (Å²) >= 11 is 0. The average molecular weight is 352 g/mol. The molecule has 2 aromatic rings. The molecule has 2 amide bonds. The maximum Gasteiger partial charge on any atom is 0.240 e. The third kappa shape index (κ3) is 3.22. The number of hydrogen-bond acceptors (Lipinski definition) is 4. The molecule has 0 aromatic heterocycles. The molecule has 1 aliphatic carbocycles. The summed E-state index contributed by atoms with van der Waals surface area (Å²) in [7, 11) is 0. The number of fused-ring (bicyclic) bond motifs is 1. The van der Waals surface area contributed by atoms with Crippen LogP contribution < -0.4 is 20.1 Å². The number of benzene rings is 2. The molecule has 134 valence electrons. The summed E-state index contributed by atoms with van der Waals surface area (Å²) in [5.41, 5.74) is 0.632. The van der Waals surface area contributed by atoms with Crippen molar-refractivity contribution in [2.75, 3.05) is 18.5 Å². The lowest BCUT2D eigenvalue weighted by Crippen LogP contribution is -2.39. The van der Waals surface area contributed by atoms with Crippen molar-refractivity contribution >= 4 is 17.5 Å². The quantitative estimate of drug-likeness (QED) is 0.811. The van der Waals surface area contributed by atoms with E-state index in [0.29, 0.717) is 49.8 Å². The first-order valence-electron chi connectivity index (χ1n) is 8.71. The third-order valence-corrected chi connectivity index (χ3v) is 4.72. The van der Waals surface area contributed by atoms with Gasteiger partial charge in [-0.2, -0.15) is 0 Å². The Hall–Kier alpha value is -3.02. The Bertz CT molecular complexity index is 831. The smallest absolute Gasteiger partial charge is 0.240 e. The van der Waals surface area contributed by atoms with Crippen LogP contribution in [-0.2, 0) is 16.1 Å². The molecule has 2 aromatic carbocycles. The number of rotatable bonds is 5. The zero-order valence-corrected chi connectivity index (χ0v) is 14.3. The van der Waals surface area contributed by atoms with Crippen molar-refractivity contribution in [1.82, 2.24) is 5.32 Å². The highest BCUT2D eigenvalue weighted by Gasteiger charge is 2.56. The van der Waals surface area contributed by atoms with Gasteiger partial charge in [-0.15, -0.1) is 0 Å². The minimum Gasteiger partial charge on any atom is -0.486 e. The zero-order chi connectivity index (χ0) is 18.0. The lowest BCUT2D eigenvalue weighted by atomic mass is 10.0. The van der Waals surface area contributed by atoms with Crippen molar-refractivity contribution in [2.45, 2.75) is 19.4 Å². The Labute approximate surface area is 151 Å². The van der Waals surface area contributed by atoms with E-state index in [1.165, 1.54) is 0 Å². The summed E-state index contributed by atoms with van der Waals surface area (Å²) in [5.74, 6) is 0.763. The van der Waals surface area contributed by atoms with Crippen molar-refractivity contribution in [2.24, 2.45) is 5.41 Å². The predicted octanol–water partition coefficient (Wildman–Crippen LogP) is 2.49. The van der Waals surface area contributed by atoms with Gasteiger partial charge in [0.1, 0.15) is 18.6 Å². The van der Waals surface area contributed by atoms with Crippen LogP contribution >= 0.6 is 0 Å². The van der Waals surface area contributed by atoms with E-state index in [0.717, 1.165) is 5.56 Å². The molecule has 2 aliphatic rings. The summed E-state index contributed by atoms with van der Waals surface area (Å²) in [6.07, 6.45) is 1.12. The highest BCUT2D eigenvalue weighted by atomic mass is 16.6. The summed E-state index contributed by atoms with van der Waals surface area (Å²) in [5, 5.41) is 5.71. The molecule has 26 heavy (non-hydrogen) atoms. The summed E-state index contributed by atoms with van der Waals surface area (Å²) in [6, 6.07) is 14.9. The van der Waals surface area contributed by atoms with E-state index in [9.17, 15) is 9.59 Å². The zero-order valence-electron chi connectivity index (χ0n) is 14.3. The van der Waals surface area contributed by atoms with Gasteiger partial charge in [0.2, 0.25) is 11.8 Å². The Balaban J connectivity index is 1.40. The highest BCUT2D eigenvalue weighted by Crippen LogP contribution is 2.47. The third-order valence-electron chi connectivity index (χ3n) is 4.72. The molecule has 1 fully saturated rings. The Morgan fingerprint density at radius 3 is 2.38 bits per heavy atom. The van der Waals surface area contributed by atoms with Crippen LogP contribution in [0.4, 0.5) is 5.69 Å². The van der Waals surface area contributed by atoms with Gasteiger partial charge >= 0.3 is 0 Å². The van der Waals surface area contributed by atoms with Gasteiger partial charge in [-0.1, -0.05) is 30.3 Å². The monoisotopic (exact) mass is 352 g/mol. The first-order chi connectivity index (χ1) is 12.7. The Kier molecular flexibility index (Phi) is 4.24. The molecular formula is C20H20N2O4. The molecule has 2 N–H and O–H groups in total. The van der Waals surface area contributed by atoms with E-state index in [1.54, 1.807) is 18.2 Å². The number of amides is 2. The van der Waals surface area contributed by atoms with Gasteiger partial charge in [0.25, 0.3) is 0 Å². The van der Waals surface area contributed by atoms with Crippen molar-refractivity contribution in [3.63, 3.8) is 0 Å². The summed E-state index contributed by atoms with van der Waals surface area (Å²) in [4.78, 5) is 25.2. The number of ether oxygens (including phenoxy) is 2. The van der Waals surface area contributed by atoms with Crippen LogP contribution in [0.3, 0.4) is 0 Å². The van der Waals surface area contributed by atoms with Gasteiger partial charge in [-0.05, 0) is 30.5 Å². The van der Waals surface area contributed by atoms with E-state index in [1.807, 2.05) is 30.3 Å². The van der Waals surface area contributed by atoms with Crippen molar-refractivity contribution in [3.05, 3.63) is 54.1 Å². The topological polar surface area (TPSA) is 76.7 Å². The van der Waals surface area contributed by atoms with Crippen LogP contribution in [-0.4, -0.2) is 25.0 Å². The van der Waals surface area contributed by atoms with Gasteiger partial charge < -0.3 is 20.1 Å². The van der Waals surface area contributed by atoms with Crippen LogP contribution in [0.5, 0.6) is 11.5 Å². The molecule has 4 rings (SSSR count). The highest BCUT2D eigenvalue weighted by molar-refractivity contribution is 6.13. The molecule has 6 nitrogen and oxygen atoms in total. The van der Waals surface area contributed by atoms with Crippen LogP contribution in [0.25, 0.3) is 0 Å². The van der Waals surface area contributed by atoms with Gasteiger partial charge in [0.15, 0.2) is 11.5 Å². The van der Waals surface area contributed by atoms with E-state index in [2.05, 4.69) is 10.6 Å². The minimum atomic E-state index is -0.970. The molecule has 0 bridgehead atoms. The maximum absolute atomic E-state index is 12.7. The lowest BCUT2D eigenvalue weighted by molar-refractivity contribution is -0.134. The first kappa shape index (κ1) is 16.4. The number of hydrogen-bond donors (Lipinski definition) is 2.